The number of rotatable bonds is 12. The molecule has 0 N–H and O–H groups in total. The predicted octanol–water partition coefficient (Wildman–Crippen LogP) is 5.03. The van der Waals surface area contributed by atoms with Gasteiger partial charge in [0, 0.05) is 45.2 Å². The van der Waals surface area contributed by atoms with Gasteiger partial charge in [0.15, 0.2) is 0 Å². The van der Waals surface area contributed by atoms with Crippen LogP contribution in [0.25, 0.3) is 0 Å². The van der Waals surface area contributed by atoms with E-state index in [-0.39, 0.29) is 23.8 Å². The van der Waals surface area contributed by atoms with Crippen molar-refractivity contribution in [1.82, 2.24) is 14.4 Å². The van der Waals surface area contributed by atoms with E-state index in [1.165, 1.54) is 19.3 Å². The van der Waals surface area contributed by atoms with Crippen LogP contribution in [-0.4, -0.2) is 52.5 Å². The number of carbonyl (C=O) groups excluding carboxylic acids is 2. The van der Waals surface area contributed by atoms with E-state index in [0.29, 0.717) is 50.6 Å². The van der Waals surface area contributed by atoms with E-state index in [4.69, 9.17) is 4.74 Å². The first-order chi connectivity index (χ1) is 18.0. The number of aromatic nitrogens is 1. The van der Waals surface area contributed by atoms with Crippen molar-refractivity contribution in [1.29, 1.82) is 0 Å². The van der Waals surface area contributed by atoms with Crippen LogP contribution in [0.15, 0.2) is 48.7 Å². The molecule has 0 spiro atoms. The van der Waals surface area contributed by atoms with Gasteiger partial charge in [0.05, 0.1) is 18.5 Å². The van der Waals surface area contributed by atoms with Crippen molar-refractivity contribution >= 4 is 11.8 Å². The molecule has 200 valence electrons. The summed E-state index contributed by atoms with van der Waals surface area (Å²) in [4.78, 5) is 32.0. The average Bonchev–Trinajstić information content (AvgIpc) is 3.29. The minimum atomic E-state index is -0.247. The Morgan fingerprint density at radius 3 is 2.22 bits per heavy atom. The van der Waals surface area contributed by atoms with Gasteiger partial charge in [-0.15, -0.1) is 0 Å². The predicted molar refractivity (Wildman–Crippen MR) is 144 cm³/mol. The van der Waals surface area contributed by atoms with Crippen LogP contribution in [-0.2, 0) is 34.5 Å². The van der Waals surface area contributed by atoms with Crippen molar-refractivity contribution in [2.75, 3.05) is 26.3 Å². The molecular weight excluding hydrogens is 462 g/mol. The first-order valence-corrected chi connectivity index (χ1v) is 14.2. The van der Waals surface area contributed by atoms with E-state index in [2.05, 4.69) is 22.8 Å². The lowest BCUT2D eigenvalue weighted by atomic mass is 9.49. The molecule has 1 heterocycles. The molecule has 37 heavy (non-hydrogen) atoms. The third-order valence-electron chi connectivity index (χ3n) is 9.00. The van der Waals surface area contributed by atoms with Crippen LogP contribution in [0, 0.1) is 23.2 Å². The second-order valence-corrected chi connectivity index (χ2v) is 11.8. The van der Waals surface area contributed by atoms with E-state index in [0.717, 1.165) is 36.9 Å². The molecule has 6 rings (SSSR count). The van der Waals surface area contributed by atoms with E-state index in [9.17, 15) is 9.59 Å². The van der Waals surface area contributed by atoms with Crippen molar-refractivity contribution in [3.05, 3.63) is 59.9 Å². The van der Waals surface area contributed by atoms with Crippen LogP contribution in [0.4, 0.5) is 0 Å². The summed E-state index contributed by atoms with van der Waals surface area (Å²) in [5, 5.41) is 0. The lowest BCUT2D eigenvalue weighted by Gasteiger charge is -2.56. The summed E-state index contributed by atoms with van der Waals surface area (Å²) in [6.07, 6.45) is 9.74. The van der Waals surface area contributed by atoms with Gasteiger partial charge in [-0.3, -0.25) is 9.59 Å². The highest BCUT2D eigenvalue weighted by Gasteiger charge is 2.55. The maximum atomic E-state index is 14.3. The van der Waals surface area contributed by atoms with E-state index >= 15 is 0 Å². The van der Waals surface area contributed by atoms with Gasteiger partial charge >= 0.3 is 0 Å². The summed E-state index contributed by atoms with van der Waals surface area (Å²) >= 11 is 0. The Bertz CT molecular complexity index is 1030. The van der Waals surface area contributed by atoms with Gasteiger partial charge in [-0.25, -0.2) is 0 Å². The summed E-state index contributed by atoms with van der Waals surface area (Å²) < 4.78 is 7.65. The lowest BCUT2D eigenvalue weighted by Crippen LogP contribution is -2.56. The summed E-state index contributed by atoms with van der Waals surface area (Å²) in [7, 11) is 2.01. The molecule has 0 atom stereocenters. The molecular formula is C31H43N3O3. The number of hydrogen-bond acceptors (Lipinski definition) is 3. The van der Waals surface area contributed by atoms with Crippen LogP contribution >= 0.6 is 0 Å². The molecule has 1 aromatic heterocycles. The summed E-state index contributed by atoms with van der Waals surface area (Å²) in [5.74, 6) is 2.34. The Hall–Kier alpha value is -2.60. The molecule has 0 saturated heterocycles. The van der Waals surface area contributed by atoms with Crippen molar-refractivity contribution in [3.8, 4) is 0 Å². The Kier molecular flexibility index (Phi) is 8.04. The Labute approximate surface area is 222 Å². The zero-order valence-electron chi connectivity index (χ0n) is 22.6. The Balaban J connectivity index is 1.34. The largest absolute Gasteiger partial charge is 0.382 e. The van der Waals surface area contributed by atoms with Gasteiger partial charge in [0.25, 0.3) is 0 Å². The molecule has 2 amide bonds. The molecule has 0 unspecified atom stereocenters. The van der Waals surface area contributed by atoms with Crippen molar-refractivity contribution < 1.29 is 14.3 Å². The van der Waals surface area contributed by atoms with E-state index in [1.54, 1.807) is 0 Å². The molecule has 4 saturated carbocycles. The van der Waals surface area contributed by atoms with Crippen LogP contribution in [0.3, 0.4) is 0 Å². The number of aryl methyl sites for hydroxylation is 1. The summed E-state index contributed by atoms with van der Waals surface area (Å²) in [6, 6.07) is 14.2. The molecule has 6 nitrogen and oxygen atoms in total. The molecule has 0 aliphatic heterocycles. The number of nitrogens with zero attached hydrogens (tertiary/aromatic N) is 3. The van der Waals surface area contributed by atoms with Crippen molar-refractivity contribution in [2.24, 2.45) is 30.2 Å². The fraction of sp³-hybridized carbons (Fsp3) is 0.613. The first-order valence-electron chi connectivity index (χ1n) is 14.2. The monoisotopic (exact) mass is 505 g/mol. The maximum Gasteiger partial charge on any atom is 0.242 e. The fourth-order valence-corrected chi connectivity index (χ4v) is 7.62. The Morgan fingerprint density at radius 1 is 0.946 bits per heavy atom. The fourth-order valence-electron chi connectivity index (χ4n) is 7.62. The third-order valence-corrected chi connectivity index (χ3v) is 9.00. The second kappa shape index (κ2) is 11.4. The number of amides is 2. The van der Waals surface area contributed by atoms with E-state index in [1.807, 2.05) is 54.2 Å². The zero-order chi connectivity index (χ0) is 25.8. The average molecular weight is 506 g/mol. The summed E-state index contributed by atoms with van der Waals surface area (Å²) in [5.41, 5.74) is 1.93. The van der Waals surface area contributed by atoms with Crippen molar-refractivity contribution in [2.45, 2.75) is 65.0 Å². The highest BCUT2D eigenvalue weighted by Crippen LogP contribution is 2.60. The minimum Gasteiger partial charge on any atom is -0.382 e. The molecule has 4 aliphatic carbocycles. The van der Waals surface area contributed by atoms with Gasteiger partial charge in [0.2, 0.25) is 11.8 Å². The molecule has 4 fully saturated rings. The SMILES string of the molecule is CCOCCCN(CC(=O)N(Cc1ccccc1)Cc1cccn1C)C(=O)C12CC3CC(CC(C3)C1)C2. The van der Waals surface area contributed by atoms with Crippen LogP contribution < -0.4 is 0 Å². The molecule has 0 radical (unpaired) electrons. The number of carbonyl (C=O) groups is 2. The van der Waals surface area contributed by atoms with Gasteiger partial charge in [-0.1, -0.05) is 30.3 Å². The highest BCUT2D eigenvalue weighted by molar-refractivity contribution is 5.88. The maximum absolute atomic E-state index is 14.3. The number of hydrogen-bond donors (Lipinski definition) is 0. The smallest absolute Gasteiger partial charge is 0.242 e. The van der Waals surface area contributed by atoms with Gasteiger partial charge in [-0.2, -0.15) is 0 Å². The number of benzene rings is 1. The molecule has 6 heteroatoms. The second-order valence-electron chi connectivity index (χ2n) is 11.8. The normalized spacial score (nSPS) is 25.8. The summed E-state index contributed by atoms with van der Waals surface area (Å²) in [6.45, 7) is 5.06. The quantitative estimate of drug-likeness (QED) is 0.381. The van der Waals surface area contributed by atoms with Crippen LogP contribution in [0.5, 0.6) is 0 Å². The topological polar surface area (TPSA) is 54.8 Å². The van der Waals surface area contributed by atoms with Crippen LogP contribution in [0.2, 0.25) is 0 Å². The molecule has 4 aliphatic rings. The molecule has 1 aromatic carbocycles. The number of ether oxygens (including phenoxy) is 1. The Morgan fingerprint density at radius 2 is 1.62 bits per heavy atom. The van der Waals surface area contributed by atoms with Gasteiger partial charge in [0.1, 0.15) is 0 Å². The highest BCUT2D eigenvalue weighted by atomic mass is 16.5. The lowest BCUT2D eigenvalue weighted by molar-refractivity contribution is -0.160. The zero-order valence-corrected chi connectivity index (χ0v) is 22.6. The van der Waals surface area contributed by atoms with Gasteiger partial charge < -0.3 is 19.1 Å². The minimum absolute atomic E-state index is 0.0135. The first kappa shape index (κ1) is 26.0. The van der Waals surface area contributed by atoms with Crippen molar-refractivity contribution in [3.63, 3.8) is 0 Å². The van der Waals surface area contributed by atoms with E-state index < -0.39 is 0 Å². The molecule has 2 aromatic rings. The van der Waals surface area contributed by atoms with Gasteiger partial charge in [-0.05, 0) is 87.3 Å². The standard InChI is InChI=1S/C31H43N3O3/c1-3-37-14-8-13-33(30(36)31-18-25-15-26(19-31)17-27(16-25)20-31)23-29(35)34(21-24-9-5-4-6-10-24)22-28-11-7-12-32(28)2/h4-7,9-12,25-27H,3,8,13-23H2,1-2H3. The third kappa shape index (κ3) is 5.95. The molecule has 4 bridgehead atoms. The van der Waals surface area contributed by atoms with Crippen LogP contribution in [0.1, 0.15) is 63.1 Å².